The lowest BCUT2D eigenvalue weighted by Crippen LogP contribution is -2.44. The molecule has 0 radical (unpaired) electrons. The SMILES string of the molecule is Cc1cc(CCOc2ccc3c(c2)CCC3N(C)[C@H]2C[C@H](C=O)C2)ccc1-c1ccccc1. The zero-order valence-electron chi connectivity index (χ0n) is 19.7. The molecule has 3 aromatic rings. The molecule has 3 aromatic carbocycles. The fourth-order valence-corrected chi connectivity index (χ4v) is 5.52. The van der Waals surface area contributed by atoms with Gasteiger partial charge in [-0.3, -0.25) is 4.90 Å². The van der Waals surface area contributed by atoms with E-state index >= 15 is 0 Å². The first kappa shape index (κ1) is 21.9. The fraction of sp³-hybridized carbons (Fsp3) is 0.367. The van der Waals surface area contributed by atoms with Crippen LogP contribution in [0.15, 0.2) is 66.7 Å². The van der Waals surface area contributed by atoms with Gasteiger partial charge in [0.05, 0.1) is 6.61 Å². The summed E-state index contributed by atoms with van der Waals surface area (Å²) in [6.45, 7) is 2.87. The predicted molar refractivity (Wildman–Crippen MR) is 134 cm³/mol. The lowest BCUT2D eigenvalue weighted by Gasteiger charge is -2.42. The number of rotatable bonds is 8. The second-order valence-electron chi connectivity index (χ2n) is 9.72. The minimum absolute atomic E-state index is 0.271. The Labute approximate surface area is 197 Å². The first-order valence-corrected chi connectivity index (χ1v) is 12.2. The van der Waals surface area contributed by atoms with Gasteiger partial charge in [0.2, 0.25) is 0 Å². The molecule has 3 nitrogen and oxygen atoms in total. The van der Waals surface area contributed by atoms with Gasteiger partial charge in [0.25, 0.3) is 0 Å². The Kier molecular flexibility index (Phi) is 6.32. The third-order valence-electron chi connectivity index (χ3n) is 7.61. The molecule has 0 aliphatic heterocycles. The van der Waals surface area contributed by atoms with Gasteiger partial charge in [0.15, 0.2) is 0 Å². The Morgan fingerprint density at radius 2 is 1.85 bits per heavy atom. The van der Waals surface area contributed by atoms with Crippen molar-refractivity contribution in [1.29, 1.82) is 0 Å². The zero-order chi connectivity index (χ0) is 22.8. The molecule has 170 valence electrons. The van der Waals surface area contributed by atoms with Crippen molar-refractivity contribution in [2.24, 2.45) is 5.92 Å². The summed E-state index contributed by atoms with van der Waals surface area (Å²) in [5, 5.41) is 0. The predicted octanol–water partition coefficient (Wildman–Crippen LogP) is 6.18. The molecule has 1 unspecified atom stereocenters. The van der Waals surface area contributed by atoms with E-state index in [1.54, 1.807) is 0 Å². The number of carbonyl (C=O) groups is 1. The molecule has 1 saturated carbocycles. The van der Waals surface area contributed by atoms with Crippen molar-refractivity contribution in [1.82, 2.24) is 4.90 Å². The second-order valence-corrected chi connectivity index (χ2v) is 9.72. The molecule has 2 aliphatic carbocycles. The number of carbonyl (C=O) groups excluding carboxylic acids is 1. The fourth-order valence-electron chi connectivity index (χ4n) is 5.52. The van der Waals surface area contributed by atoms with Crippen LogP contribution in [0.4, 0.5) is 0 Å². The molecule has 0 saturated heterocycles. The summed E-state index contributed by atoms with van der Waals surface area (Å²) < 4.78 is 6.14. The van der Waals surface area contributed by atoms with E-state index in [0.717, 1.165) is 44.1 Å². The zero-order valence-corrected chi connectivity index (χ0v) is 19.7. The molecule has 1 atom stereocenters. The molecule has 0 N–H and O–H groups in total. The molecular weight excluding hydrogens is 406 g/mol. The Morgan fingerprint density at radius 1 is 1.03 bits per heavy atom. The number of fused-ring (bicyclic) bond motifs is 1. The smallest absolute Gasteiger partial charge is 0.123 e. The average molecular weight is 440 g/mol. The highest BCUT2D eigenvalue weighted by Gasteiger charge is 2.37. The van der Waals surface area contributed by atoms with E-state index in [2.05, 4.69) is 85.6 Å². The van der Waals surface area contributed by atoms with Gasteiger partial charge in [-0.15, -0.1) is 0 Å². The summed E-state index contributed by atoms with van der Waals surface area (Å²) in [4.78, 5) is 13.4. The summed E-state index contributed by atoms with van der Waals surface area (Å²) in [6, 6.07) is 24.9. The monoisotopic (exact) mass is 439 g/mol. The van der Waals surface area contributed by atoms with Gasteiger partial charge in [-0.2, -0.15) is 0 Å². The topological polar surface area (TPSA) is 29.5 Å². The van der Waals surface area contributed by atoms with Gasteiger partial charge in [0, 0.05) is 24.4 Å². The van der Waals surface area contributed by atoms with Crippen molar-refractivity contribution >= 4 is 6.29 Å². The van der Waals surface area contributed by atoms with Gasteiger partial charge < -0.3 is 9.53 Å². The number of ether oxygens (including phenoxy) is 1. The standard InChI is InChI=1S/C30H33NO2/c1-21-16-22(8-11-28(21)24-6-4-3-5-7-24)14-15-33-27-10-12-29-25(19-27)9-13-30(29)31(2)26-17-23(18-26)20-32/h3-8,10-12,16,19-20,23,26,30H,9,13-15,17-18H2,1-2H3/t23-,26-,30?. The summed E-state index contributed by atoms with van der Waals surface area (Å²) in [5.41, 5.74) is 8.02. The van der Waals surface area contributed by atoms with E-state index in [1.807, 2.05) is 0 Å². The lowest BCUT2D eigenvalue weighted by atomic mass is 9.80. The van der Waals surface area contributed by atoms with Gasteiger partial charge in [-0.05, 0) is 85.2 Å². The first-order valence-electron chi connectivity index (χ1n) is 12.2. The highest BCUT2D eigenvalue weighted by atomic mass is 16.5. The summed E-state index contributed by atoms with van der Waals surface area (Å²) >= 11 is 0. The molecular formula is C30H33NO2. The number of aryl methyl sites for hydroxylation is 2. The average Bonchev–Trinajstić information content (AvgIpc) is 3.22. The summed E-state index contributed by atoms with van der Waals surface area (Å²) in [5.74, 6) is 1.24. The number of hydrogen-bond donors (Lipinski definition) is 0. The molecule has 0 amide bonds. The molecule has 0 heterocycles. The van der Waals surface area contributed by atoms with Crippen LogP contribution in [-0.2, 0) is 17.6 Å². The van der Waals surface area contributed by atoms with Crippen LogP contribution in [0.5, 0.6) is 5.75 Å². The van der Waals surface area contributed by atoms with E-state index in [9.17, 15) is 4.79 Å². The van der Waals surface area contributed by atoms with E-state index in [0.29, 0.717) is 18.7 Å². The number of nitrogens with zero attached hydrogens (tertiary/aromatic N) is 1. The van der Waals surface area contributed by atoms with Crippen molar-refractivity contribution in [3.8, 4) is 16.9 Å². The quantitative estimate of drug-likeness (QED) is 0.393. The van der Waals surface area contributed by atoms with Crippen LogP contribution >= 0.6 is 0 Å². The largest absolute Gasteiger partial charge is 0.493 e. The number of aldehydes is 1. The lowest BCUT2D eigenvalue weighted by molar-refractivity contribution is -0.115. The third kappa shape index (κ3) is 4.60. The molecule has 1 fully saturated rings. The van der Waals surface area contributed by atoms with Crippen molar-refractivity contribution in [3.05, 3.63) is 89.0 Å². The number of benzene rings is 3. The van der Waals surface area contributed by atoms with Crippen LogP contribution in [0.3, 0.4) is 0 Å². The van der Waals surface area contributed by atoms with Crippen molar-refractivity contribution in [2.45, 2.75) is 51.1 Å². The van der Waals surface area contributed by atoms with Gasteiger partial charge >= 0.3 is 0 Å². The molecule has 3 heteroatoms. The molecule has 0 bridgehead atoms. The minimum atomic E-state index is 0.271. The van der Waals surface area contributed by atoms with E-state index in [-0.39, 0.29) is 5.92 Å². The maximum atomic E-state index is 10.9. The second kappa shape index (κ2) is 9.52. The van der Waals surface area contributed by atoms with Gasteiger partial charge in [0.1, 0.15) is 12.0 Å². The van der Waals surface area contributed by atoms with Crippen LogP contribution in [-0.4, -0.2) is 30.9 Å². The van der Waals surface area contributed by atoms with Crippen LogP contribution in [0.1, 0.15) is 47.6 Å². The Balaban J connectivity index is 1.17. The van der Waals surface area contributed by atoms with Gasteiger partial charge in [-0.1, -0.05) is 54.6 Å². The van der Waals surface area contributed by atoms with Crippen LogP contribution in [0, 0.1) is 12.8 Å². The minimum Gasteiger partial charge on any atom is -0.493 e. The molecule has 5 rings (SSSR count). The van der Waals surface area contributed by atoms with Gasteiger partial charge in [-0.25, -0.2) is 0 Å². The van der Waals surface area contributed by atoms with E-state index < -0.39 is 0 Å². The maximum absolute atomic E-state index is 10.9. The third-order valence-corrected chi connectivity index (χ3v) is 7.61. The summed E-state index contributed by atoms with van der Waals surface area (Å²) in [6.07, 6.45) is 6.31. The number of hydrogen-bond acceptors (Lipinski definition) is 3. The molecule has 0 aromatic heterocycles. The van der Waals surface area contributed by atoms with Crippen LogP contribution in [0.25, 0.3) is 11.1 Å². The van der Waals surface area contributed by atoms with E-state index in [4.69, 9.17) is 4.74 Å². The molecule has 33 heavy (non-hydrogen) atoms. The van der Waals surface area contributed by atoms with Crippen molar-refractivity contribution < 1.29 is 9.53 Å². The normalized spacial score (nSPS) is 21.5. The first-order chi connectivity index (χ1) is 16.1. The Bertz CT molecular complexity index is 1120. The highest BCUT2D eigenvalue weighted by Crippen LogP contribution is 2.41. The van der Waals surface area contributed by atoms with Crippen molar-refractivity contribution in [2.75, 3.05) is 13.7 Å². The van der Waals surface area contributed by atoms with Crippen molar-refractivity contribution in [3.63, 3.8) is 0 Å². The van der Waals surface area contributed by atoms with E-state index in [1.165, 1.54) is 33.4 Å². The van der Waals surface area contributed by atoms with Crippen LogP contribution in [0.2, 0.25) is 0 Å². The Hall–Kier alpha value is -2.91. The maximum Gasteiger partial charge on any atom is 0.123 e. The highest BCUT2D eigenvalue weighted by molar-refractivity contribution is 5.67. The summed E-state index contributed by atoms with van der Waals surface area (Å²) in [7, 11) is 2.22. The Morgan fingerprint density at radius 3 is 2.61 bits per heavy atom. The molecule has 0 spiro atoms. The van der Waals surface area contributed by atoms with Crippen LogP contribution < -0.4 is 4.74 Å². The molecule has 2 aliphatic rings.